The van der Waals surface area contributed by atoms with Crippen LogP contribution in [0.15, 0.2) is 30.5 Å². The molecule has 0 atom stereocenters. The van der Waals surface area contributed by atoms with E-state index in [1.807, 2.05) is 6.07 Å². The Kier molecular flexibility index (Phi) is 3.30. The number of nitrogens with zero attached hydrogens (tertiary/aromatic N) is 3. The lowest BCUT2D eigenvalue weighted by molar-refractivity contribution is -0.137. The molecule has 1 aromatic carbocycles. The number of aromatic nitrogens is 2. The largest absolute Gasteiger partial charge is 0.416 e. The molecule has 0 aliphatic carbocycles. The van der Waals surface area contributed by atoms with Gasteiger partial charge < -0.3 is 0 Å². The molecule has 19 heavy (non-hydrogen) atoms. The molecule has 0 bridgehead atoms. The van der Waals surface area contributed by atoms with Gasteiger partial charge in [0, 0.05) is 11.8 Å². The average Bonchev–Trinajstić information content (AvgIpc) is 2.71. The lowest BCUT2D eigenvalue weighted by Crippen LogP contribution is -2.06. The van der Waals surface area contributed by atoms with E-state index in [9.17, 15) is 13.2 Å². The molecule has 98 valence electrons. The maximum atomic E-state index is 12.6. The van der Waals surface area contributed by atoms with Gasteiger partial charge in [-0.25, -0.2) is 4.68 Å². The van der Waals surface area contributed by atoms with Gasteiger partial charge in [-0.1, -0.05) is 6.07 Å². The summed E-state index contributed by atoms with van der Waals surface area (Å²) in [6, 6.07) is 6.90. The molecule has 0 saturated carbocycles. The zero-order valence-corrected chi connectivity index (χ0v) is 10.1. The number of nitriles is 1. The van der Waals surface area contributed by atoms with Crippen LogP contribution in [0, 0.1) is 18.3 Å². The van der Waals surface area contributed by atoms with E-state index in [1.165, 1.54) is 16.8 Å². The Morgan fingerprint density at radius 3 is 2.74 bits per heavy atom. The quantitative estimate of drug-likeness (QED) is 0.836. The highest BCUT2D eigenvalue weighted by Gasteiger charge is 2.30. The number of hydrogen-bond acceptors (Lipinski definition) is 2. The zero-order valence-electron chi connectivity index (χ0n) is 10.1. The summed E-state index contributed by atoms with van der Waals surface area (Å²) in [6.45, 7) is 1.72. The van der Waals surface area contributed by atoms with E-state index in [4.69, 9.17) is 5.26 Å². The standard InChI is InChI=1S/C13H10F3N3/c1-9-10(5-6-17)8-19(18-9)12-4-2-3-11(7-12)13(14,15)16/h2-4,7-8H,5H2,1H3. The molecule has 6 heteroatoms. The Balaban J connectivity index is 2.43. The molecule has 0 aliphatic rings. The zero-order chi connectivity index (χ0) is 14.0. The number of rotatable bonds is 2. The number of alkyl halides is 3. The van der Waals surface area contributed by atoms with E-state index in [0.29, 0.717) is 16.9 Å². The van der Waals surface area contributed by atoms with Crippen molar-refractivity contribution in [3.05, 3.63) is 47.3 Å². The van der Waals surface area contributed by atoms with E-state index >= 15 is 0 Å². The molecule has 0 saturated heterocycles. The van der Waals surface area contributed by atoms with Crippen molar-refractivity contribution in [1.82, 2.24) is 9.78 Å². The first kappa shape index (κ1) is 13.1. The Hall–Kier alpha value is -2.29. The van der Waals surface area contributed by atoms with Crippen molar-refractivity contribution in [1.29, 1.82) is 5.26 Å². The van der Waals surface area contributed by atoms with Gasteiger partial charge in [0.1, 0.15) is 0 Å². The first-order valence-corrected chi connectivity index (χ1v) is 5.51. The van der Waals surface area contributed by atoms with Gasteiger partial charge >= 0.3 is 6.18 Å². The fourth-order valence-corrected chi connectivity index (χ4v) is 1.71. The molecule has 3 nitrogen and oxygen atoms in total. The molecule has 2 rings (SSSR count). The molecule has 0 unspecified atom stereocenters. The fraction of sp³-hybridized carbons (Fsp3) is 0.231. The normalized spacial score (nSPS) is 11.3. The van der Waals surface area contributed by atoms with Crippen LogP contribution in [-0.2, 0) is 12.6 Å². The summed E-state index contributed by atoms with van der Waals surface area (Å²) in [5.41, 5.74) is 0.945. The van der Waals surface area contributed by atoms with Crippen molar-refractivity contribution in [3.8, 4) is 11.8 Å². The molecule has 0 amide bonds. The van der Waals surface area contributed by atoms with Crippen LogP contribution >= 0.6 is 0 Å². The SMILES string of the molecule is Cc1nn(-c2cccc(C(F)(F)F)c2)cc1CC#N. The van der Waals surface area contributed by atoms with Crippen molar-refractivity contribution in [2.45, 2.75) is 19.5 Å². The van der Waals surface area contributed by atoms with Crippen LogP contribution in [0.5, 0.6) is 0 Å². The molecule has 0 fully saturated rings. The molecule has 0 N–H and O–H groups in total. The minimum atomic E-state index is -4.38. The van der Waals surface area contributed by atoms with Gasteiger partial charge in [-0.3, -0.25) is 0 Å². The topological polar surface area (TPSA) is 41.6 Å². The molecule has 1 heterocycles. The molecular weight excluding hydrogens is 255 g/mol. The van der Waals surface area contributed by atoms with Crippen LogP contribution in [-0.4, -0.2) is 9.78 Å². The number of hydrogen-bond donors (Lipinski definition) is 0. The van der Waals surface area contributed by atoms with Gasteiger partial charge in [0.05, 0.1) is 29.4 Å². The second kappa shape index (κ2) is 4.76. The highest BCUT2D eigenvalue weighted by atomic mass is 19.4. The lowest BCUT2D eigenvalue weighted by atomic mass is 10.2. The average molecular weight is 265 g/mol. The van der Waals surface area contributed by atoms with Gasteiger partial charge in [0.2, 0.25) is 0 Å². The van der Waals surface area contributed by atoms with E-state index in [2.05, 4.69) is 5.10 Å². The Morgan fingerprint density at radius 1 is 1.37 bits per heavy atom. The summed E-state index contributed by atoms with van der Waals surface area (Å²) in [4.78, 5) is 0. The van der Waals surface area contributed by atoms with Crippen LogP contribution in [0.1, 0.15) is 16.8 Å². The van der Waals surface area contributed by atoms with Crippen molar-refractivity contribution < 1.29 is 13.2 Å². The van der Waals surface area contributed by atoms with Crippen molar-refractivity contribution in [3.63, 3.8) is 0 Å². The third-order valence-corrected chi connectivity index (χ3v) is 2.71. The summed E-state index contributed by atoms with van der Waals surface area (Å²) in [7, 11) is 0. The first-order chi connectivity index (χ1) is 8.91. The third kappa shape index (κ3) is 2.76. The fourth-order valence-electron chi connectivity index (χ4n) is 1.71. The summed E-state index contributed by atoms with van der Waals surface area (Å²) in [5.74, 6) is 0. The predicted molar refractivity (Wildman–Crippen MR) is 62.6 cm³/mol. The second-order valence-electron chi connectivity index (χ2n) is 4.07. The second-order valence-corrected chi connectivity index (χ2v) is 4.07. The Morgan fingerprint density at radius 2 is 2.11 bits per heavy atom. The molecule has 0 aliphatic heterocycles. The molecule has 0 spiro atoms. The lowest BCUT2D eigenvalue weighted by Gasteiger charge is -2.08. The van der Waals surface area contributed by atoms with Crippen molar-refractivity contribution in [2.75, 3.05) is 0 Å². The summed E-state index contributed by atoms with van der Waals surface area (Å²) in [6.07, 6.45) is -2.62. The molecule has 1 aromatic heterocycles. The highest BCUT2D eigenvalue weighted by molar-refractivity contribution is 5.38. The van der Waals surface area contributed by atoms with Crippen LogP contribution in [0.2, 0.25) is 0 Å². The summed E-state index contributed by atoms with van der Waals surface area (Å²) >= 11 is 0. The van der Waals surface area contributed by atoms with Crippen LogP contribution in [0.3, 0.4) is 0 Å². The Bertz CT molecular complexity index is 635. The third-order valence-electron chi connectivity index (χ3n) is 2.71. The van der Waals surface area contributed by atoms with Crippen molar-refractivity contribution in [2.24, 2.45) is 0 Å². The maximum Gasteiger partial charge on any atom is 0.416 e. The van der Waals surface area contributed by atoms with Crippen LogP contribution < -0.4 is 0 Å². The van der Waals surface area contributed by atoms with Gasteiger partial charge in [0.15, 0.2) is 0 Å². The predicted octanol–water partition coefficient (Wildman–Crippen LogP) is 3.27. The first-order valence-electron chi connectivity index (χ1n) is 5.51. The minimum absolute atomic E-state index is 0.185. The van der Waals surface area contributed by atoms with Gasteiger partial charge in [-0.05, 0) is 25.1 Å². The number of halogens is 3. The smallest absolute Gasteiger partial charge is 0.240 e. The minimum Gasteiger partial charge on any atom is -0.240 e. The van der Waals surface area contributed by atoms with Gasteiger partial charge in [0.25, 0.3) is 0 Å². The highest BCUT2D eigenvalue weighted by Crippen LogP contribution is 2.30. The van der Waals surface area contributed by atoms with E-state index in [-0.39, 0.29) is 6.42 Å². The van der Waals surface area contributed by atoms with E-state index in [1.54, 1.807) is 13.1 Å². The Labute approximate surface area is 107 Å². The monoisotopic (exact) mass is 265 g/mol. The molecular formula is C13H10F3N3. The number of aryl methyl sites for hydroxylation is 1. The van der Waals surface area contributed by atoms with E-state index < -0.39 is 11.7 Å². The number of benzene rings is 1. The van der Waals surface area contributed by atoms with Gasteiger partial charge in [-0.15, -0.1) is 0 Å². The van der Waals surface area contributed by atoms with Crippen LogP contribution in [0.25, 0.3) is 5.69 Å². The van der Waals surface area contributed by atoms with Crippen molar-refractivity contribution >= 4 is 0 Å². The maximum absolute atomic E-state index is 12.6. The van der Waals surface area contributed by atoms with E-state index in [0.717, 1.165) is 12.1 Å². The van der Waals surface area contributed by atoms with Crippen LogP contribution in [0.4, 0.5) is 13.2 Å². The summed E-state index contributed by atoms with van der Waals surface area (Å²) < 4.78 is 39.2. The molecule has 0 radical (unpaired) electrons. The molecule has 2 aromatic rings. The van der Waals surface area contributed by atoms with Gasteiger partial charge in [-0.2, -0.15) is 23.5 Å². The summed E-state index contributed by atoms with van der Waals surface area (Å²) in [5, 5.41) is 12.8.